The molecular formula is C35H57N5O7S. The highest BCUT2D eigenvalue weighted by molar-refractivity contribution is 7.90. The van der Waals surface area contributed by atoms with Crippen molar-refractivity contribution in [3.05, 3.63) is 0 Å². The summed E-state index contributed by atoms with van der Waals surface area (Å²) in [7, 11) is -3.42. The molecule has 4 N–H and O–H groups in total. The van der Waals surface area contributed by atoms with Crippen LogP contribution in [-0.4, -0.2) is 91.6 Å². The average Bonchev–Trinajstić information content (AvgIpc) is 2.98. The van der Waals surface area contributed by atoms with Gasteiger partial charge in [-0.25, -0.2) is 13.2 Å². The molecule has 48 heavy (non-hydrogen) atoms. The third-order valence-corrected chi connectivity index (χ3v) is 9.94. The van der Waals surface area contributed by atoms with Gasteiger partial charge in [0.1, 0.15) is 21.9 Å². The first kappa shape index (κ1) is 42.4. The first-order chi connectivity index (χ1) is 22.2. The summed E-state index contributed by atoms with van der Waals surface area (Å²) in [6.07, 6.45) is 15.6. The summed E-state index contributed by atoms with van der Waals surface area (Å²) in [5, 5.41) is 10.8. The van der Waals surface area contributed by atoms with Gasteiger partial charge in [-0.3, -0.25) is 19.2 Å². The lowest BCUT2D eigenvalue weighted by Gasteiger charge is -2.41. The van der Waals surface area contributed by atoms with Crippen LogP contribution in [0, 0.1) is 41.9 Å². The highest BCUT2D eigenvalue weighted by atomic mass is 32.2. The van der Waals surface area contributed by atoms with Gasteiger partial charge in [0.25, 0.3) is 5.91 Å². The molecule has 270 valence electrons. The smallest absolute Gasteiger partial charge is 0.315 e. The molecule has 0 aromatic heterocycles. The summed E-state index contributed by atoms with van der Waals surface area (Å²) < 4.78 is 24.6. The van der Waals surface area contributed by atoms with Crippen molar-refractivity contribution in [1.82, 2.24) is 26.2 Å². The second-order valence-corrected chi connectivity index (χ2v) is 16.7. The van der Waals surface area contributed by atoms with Gasteiger partial charge in [0, 0.05) is 32.2 Å². The second-order valence-electron chi connectivity index (χ2n) is 14.6. The molecule has 1 aliphatic carbocycles. The molecular weight excluding hydrogens is 634 g/mol. The maximum absolute atomic E-state index is 14.4. The van der Waals surface area contributed by atoms with E-state index in [9.17, 15) is 32.4 Å². The Kier molecular flexibility index (Phi) is 16.6. The fraction of sp³-hybridized carbons (Fsp3) is 0.743. The Hall–Kier alpha value is -3.58. The van der Waals surface area contributed by atoms with Crippen LogP contribution in [0.2, 0.25) is 0 Å². The zero-order valence-corrected chi connectivity index (χ0v) is 30.8. The molecule has 13 heteroatoms. The van der Waals surface area contributed by atoms with Gasteiger partial charge in [-0.05, 0) is 43.4 Å². The Morgan fingerprint density at radius 3 is 2.00 bits per heavy atom. The van der Waals surface area contributed by atoms with Crippen LogP contribution >= 0.6 is 0 Å². The predicted octanol–water partition coefficient (Wildman–Crippen LogP) is 2.56. The van der Waals surface area contributed by atoms with E-state index in [1.54, 1.807) is 20.8 Å². The van der Waals surface area contributed by atoms with Crippen LogP contribution < -0.4 is 21.3 Å². The van der Waals surface area contributed by atoms with E-state index in [0.29, 0.717) is 12.8 Å². The van der Waals surface area contributed by atoms with Crippen molar-refractivity contribution < 1.29 is 32.4 Å². The second kappa shape index (κ2) is 18.8. The lowest BCUT2D eigenvalue weighted by atomic mass is 9.83. The SMILES string of the molecule is C#CCCNC(=O)C(=O)C(CCC#C)NC(=O)C(C)N(CC(C)C(C)C)C(=O)[C@@H](NC(=O)NC1(CS(C)(=O)=O)CCCCC1)C(C)(C)C. The van der Waals surface area contributed by atoms with Crippen LogP contribution in [-0.2, 0) is 29.0 Å². The van der Waals surface area contributed by atoms with E-state index < -0.39 is 68.5 Å². The standard InChI is InChI=1S/C35H57N5O7S/c1-11-13-18-27(28(41)31(43)36-21-14-12-2)37-30(42)26(6)40(22-25(5)24(3)4)32(44)29(34(7,8)9)38-33(45)39-35(23-48(10,46)47)19-16-15-17-20-35/h1-2,24-27,29H,13-23H2,3-10H3,(H,36,43)(H,37,42)(H2,38,39,45)/t25?,26?,27?,29-/m1/s1. The molecule has 1 saturated carbocycles. The largest absolute Gasteiger partial charge is 0.348 e. The van der Waals surface area contributed by atoms with Gasteiger partial charge < -0.3 is 26.2 Å². The van der Waals surface area contributed by atoms with E-state index in [1.165, 1.54) is 11.8 Å². The average molecular weight is 692 g/mol. The van der Waals surface area contributed by atoms with E-state index in [1.807, 2.05) is 20.8 Å². The third-order valence-electron chi connectivity index (χ3n) is 8.86. The number of hydrogen-bond acceptors (Lipinski definition) is 7. The highest BCUT2D eigenvalue weighted by Crippen LogP contribution is 2.30. The summed E-state index contributed by atoms with van der Waals surface area (Å²) in [5.41, 5.74) is -1.77. The van der Waals surface area contributed by atoms with Crippen molar-refractivity contribution in [2.24, 2.45) is 17.3 Å². The molecule has 5 amide bonds. The van der Waals surface area contributed by atoms with Gasteiger partial charge in [-0.15, -0.1) is 24.7 Å². The van der Waals surface area contributed by atoms with Gasteiger partial charge in [-0.1, -0.05) is 60.8 Å². The van der Waals surface area contributed by atoms with Crippen molar-refractivity contribution in [3.8, 4) is 24.7 Å². The van der Waals surface area contributed by atoms with Gasteiger partial charge in [-0.2, -0.15) is 0 Å². The van der Waals surface area contributed by atoms with E-state index in [2.05, 4.69) is 33.1 Å². The third kappa shape index (κ3) is 13.9. The van der Waals surface area contributed by atoms with Crippen LogP contribution in [0.3, 0.4) is 0 Å². The van der Waals surface area contributed by atoms with Gasteiger partial charge in [0.15, 0.2) is 0 Å². The van der Waals surface area contributed by atoms with Gasteiger partial charge in [0.05, 0.1) is 17.3 Å². The zero-order chi connectivity index (χ0) is 36.9. The number of amides is 5. The number of carbonyl (C=O) groups is 5. The lowest BCUT2D eigenvalue weighted by Crippen LogP contribution is -2.64. The topological polar surface area (TPSA) is 171 Å². The summed E-state index contributed by atoms with van der Waals surface area (Å²) in [6, 6.07) is -4.11. The molecule has 0 aromatic carbocycles. The fourth-order valence-corrected chi connectivity index (χ4v) is 7.01. The first-order valence-corrected chi connectivity index (χ1v) is 18.8. The predicted molar refractivity (Wildman–Crippen MR) is 187 cm³/mol. The minimum atomic E-state index is -3.42. The molecule has 1 aliphatic rings. The highest BCUT2D eigenvalue weighted by Gasteiger charge is 2.42. The molecule has 1 fully saturated rings. The number of terminal acetylenes is 2. The molecule has 0 heterocycles. The Balaban J connectivity index is 3.38. The Morgan fingerprint density at radius 1 is 0.917 bits per heavy atom. The minimum Gasteiger partial charge on any atom is -0.348 e. The number of ketones is 1. The van der Waals surface area contributed by atoms with Gasteiger partial charge in [0.2, 0.25) is 17.6 Å². The van der Waals surface area contributed by atoms with E-state index in [-0.39, 0.29) is 49.9 Å². The Bertz CT molecular complexity index is 1330. The molecule has 0 radical (unpaired) electrons. The first-order valence-electron chi connectivity index (χ1n) is 16.7. The number of sulfone groups is 1. The monoisotopic (exact) mass is 691 g/mol. The number of rotatable bonds is 17. The molecule has 3 unspecified atom stereocenters. The maximum Gasteiger partial charge on any atom is 0.315 e. The fourth-order valence-electron chi connectivity index (χ4n) is 5.64. The van der Waals surface area contributed by atoms with Gasteiger partial charge >= 0.3 is 6.03 Å². The summed E-state index contributed by atoms with van der Waals surface area (Å²) in [5.74, 6) is 1.68. The number of nitrogens with zero attached hydrogens (tertiary/aromatic N) is 1. The Morgan fingerprint density at radius 2 is 1.50 bits per heavy atom. The number of urea groups is 1. The van der Waals surface area contributed by atoms with Crippen molar-refractivity contribution in [2.45, 2.75) is 123 Å². The van der Waals surface area contributed by atoms with Crippen molar-refractivity contribution in [1.29, 1.82) is 0 Å². The zero-order valence-electron chi connectivity index (χ0n) is 30.0. The van der Waals surface area contributed by atoms with E-state index >= 15 is 0 Å². The molecule has 12 nitrogen and oxygen atoms in total. The summed E-state index contributed by atoms with van der Waals surface area (Å²) in [4.78, 5) is 68.5. The van der Waals surface area contributed by atoms with Crippen LogP contribution in [0.1, 0.15) is 99.8 Å². The number of carbonyl (C=O) groups excluding carboxylic acids is 5. The quantitative estimate of drug-likeness (QED) is 0.103. The molecule has 0 saturated heterocycles. The van der Waals surface area contributed by atoms with Crippen molar-refractivity contribution in [2.75, 3.05) is 25.1 Å². The maximum atomic E-state index is 14.4. The molecule has 1 rings (SSSR count). The number of Topliss-reactive ketones (excluding diaryl/α,β-unsaturated/α-hetero) is 1. The molecule has 4 atom stereocenters. The molecule has 0 spiro atoms. The van der Waals surface area contributed by atoms with E-state index in [0.717, 1.165) is 25.5 Å². The molecule has 0 aliphatic heterocycles. The number of nitrogens with one attached hydrogen (secondary N) is 4. The van der Waals surface area contributed by atoms with Crippen LogP contribution in [0.25, 0.3) is 0 Å². The van der Waals surface area contributed by atoms with Crippen LogP contribution in [0.5, 0.6) is 0 Å². The van der Waals surface area contributed by atoms with Crippen LogP contribution in [0.4, 0.5) is 4.79 Å². The van der Waals surface area contributed by atoms with Crippen LogP contribution in [0.15, 0.2) is 0 Å². The van der Waals surface area contributed by atoms with Crippen molar-refractivity contribution >= 4 is 39.4 Å². The minimum absolute atomic E-state index is 0.00820. The lowest BCUT2D eigenvalue weighted by molar-refractivity contribution is -0.145. The van der Waals surface area contributed by atoms with E-state index in [4.69, 9.17) is 12.8 Å². The summed E-state index contributed by atoms with van der Waals surface area (Å²) in [6.45, 7) is 13.0. The molecule has 0 bridgehead atoms. The normalized spacial score (nSPS) is 17.0. The molecule has 0 aromatic rings. The Labute approximate surface area is 288 Å². The summed E-state index contributed by atoms with van der Waals surface area (Å²) >= 11 is 0. The van der Waals surface area contributed by atoms with Crippen molar-refractivity contribution in [3.63, 3.8) is 0 Å². The number of hydrogen-bond donors (Lipinski definition) is 4.